The number of nitrogens with one attached hydrogen (secondary N) is 1. The SMILES string of the molecule is O=C1Nc2ccccc2/C1=C\c1ccc2c(c1)OCCO2. The highest BCUT2D eigenvalue weighted by molar-refractivity contribution is 6.34. The largest absolute Gasteiger partial charge is 0.486 e. The van der Waals surface area contributed by atoms with Crippen molar-refractivity contribution in [3.05, 3.63) is 53.6 Å². The molecule has 0 unspecified atom stereocenters. The van der Waals surface area contributed by atoms with Crippen LogP contribution in [0.2, 0.25) is 0 Å². The number of para-hydroxylation sites is 1. The van der Waals surface area contributed by atoms with Gasteiger partial charge >= 0.3 is 0 Å². The van der Waals surface area contributed by atoms with Gasteiger partial charge in [0.15, 0.2) is 11.5 Å². The fourth-order valence-corrected chi connectivity index (χ4v) is 2.60. The number of hydrogen-bond donors (Lipinski definition) is 1. The summed E-state index contributed by atoms with van der Waals surface area (Å²) in [5.74, 6) is 1.40. The first-order valence-corrected chi connectivity index (χ1v) is 6.83. The van der Waals surface area contributed by atoms with E-state index < -0.39 is 0 Å². The van der Waals surface area contributed by atoms with Gasteiger partial charge in [0.25, 0.3) is 5.91 Å². The quantitative estimate of drug-likeness (QED) is 0.816. The lowest BCUT2D eigenvalue weighted by Crippen LogP contribution is -2.15. The second kappa shape index (κ2) is 4.66. The molecule has 0 aliphatic carbocycles. The number of benzene rings is 2. The summed E-state index contributed by atoms with van der Waals surface area (Å²) >= 11 is 0. The van der Waals surface area contributed by atoms with Crippen LogP contribution in [0.15, 0.2) is 42.5 Å². The number of amides is 1. The van der Waals surface area contributed by atoms with Crippen LogP contribution in [0.25, 0.3) is 11.6 Å². The van der Waals surface area contributed by atoms with Crippen molar-refractivity contribution in [2.45, 2.75) is 0 Å². The molecule has 2 aliphatic rings. The van der Waals surface area contributed by atoms with E-state index in [0.29, 0.717) is 18.8 Å². The Morgan fingerprint density at radius 3 is 2.71 bits per heavy atom. The summed E-state index contributed by atoms with van der Waals surface area (Å²) in [7, 11) is 0. The highest BCUT2D eigenvalue weighted by atomic mass is 16.6. The molecular weight excluding hydrogens is 266 g/mol. The first-order valence-electron chi connectivity index (χ1n) is 6.83. The van der Waals surface area contributed by atoms with E-state index in [9.17, 15) is 4.79 Å². The van der Waals surface area contributed by atoms with Gasteiger partial charge in [-0.2, -0.15) is 0 Å². The van der Waals surface area contributed by atoms with Crippen LogP contribution in [-0.2, 0) is 4.79 Å². The Labute approximate surface area is 122 Å². The molecule has 1 N–H and O–H groups in total. The van der Waals surface area contributed by atoms with Gasteiger partial charge in [0.1, 0.15) is 13.2 Å². The molecule has 2 heterocycles. The fourth-order valence-electron chi connectivity index (χ4n) is 2.60. The van der Waals surface area contributed by atoms with Gasteiger partial charge in [0, 0.05) is 16.8 Å². The Morgan fingerprint density at radius 2 is 1.81 bits per heavy atom. The Kier molecular flexibility index (Phi) is 2.67. The Hall–Kier alpha value is -2.75. The predicted molar refractivity (Wildman–Crippen MR) is 80.4 cm³/mol. The third-order valence-corrected chi connectivity index (χ3v) is 3.59. The number of ether oxygens (including phenoxy) is 2. The van der Waals surface area contributed by atoms with Crippen LogP contribution in [0.4, 0.5) is 5.69 Å². The van der Waals surface area contributed by atoms with Crippen molar-refractivity contribution in [3.8, 4) is 11.5 Å². The van der Waals surface area contributed by atoms with Crippen LogP contribution in [-0.4, -0.2) is 19.1 Å². The van der Waals surface area contributed by atoms with Gasteiger partial charge in [0.05, 0.1) is 0 Å². The average molecular weight is 279 g/mol. The van der Waals surface area contributed by atoms with Crippen molar-refractivity contribution in [2.75, 3.05) is 18.5 Å². The van der Waals surface area contributed by atoms with E-state index in [4.69, 9.17) is 9.47 Å². The van der Waals surface area contributed by atoms with Crippen LogP contribution < -0.4 is 14.8 Å². The van der Waals surface area contributed by atoms with E-state index in [0.717, 1.165) is 28.3 Å². The lowest BCUT2D eigenvalue weighted by atomic mass is 10.0. The van der Waals surface area contributed by atoms with Crippen LogP contribution >= 0.6 is 0 Å². The van der Waals surface area contributed by atoms with Gasteiger partial charge < -0.3 is 14.8 Å². The van der Waals surface area contributed by atoms with E-state index in [1.165, 1.54) is 0 Å². The zero-order valence-corrected chi connectivity index (χ0v) is 11.3. The summed E-state index contributed by atoms with van der Waals surface area (Å²) in [5.41, 5.74) is 3.37. The maximum atomic E-state index is 12.1. The van der Waals surface area contributed by atoms with Crippen molar-refractivity contribution >= 4 is 23.2 Å². The Balaban J connectivity index is 1.76. The topological polar surface area (TPSA) is 47.6 Å². The predicted octanol–water partition coefficient (Wildman–Crippen LogP) is 2.95. The monoisotopic (exact) mass is 279 g/mol. The Morgan fingerprint density at radius 1 is 1.00 bits per heavy atom. The van der Waals surface area contributed by atoms with Gasteiger partial charge in [-0.25, -0.2) is 0 Å². The maximum absolute atomic E-state index is 12.1. The zero-order chi connectivity index (χ0) is 14.2. The highest BCUT2D eigenvalue weighted by Crippen LogP contribution is 2.35. The first-order chi connectivity index (χ1) is 10.3. The van der Waals surface area contributed by atoms with Crippen LogP contribution in [0.1, 0.15) is 11.1 Å². The molecule has 0 bridgehead atoms. The third-order valence-electron chi connectivity index (χ3n) is 3.59. The molecule has 4 rings (SSSR count). The number of carbonyl (C=O) groups excluding carboxylic acids is 1. The molecular formula is C17H13NO3. The molecule has 0 fully saturated rings. The Bertz CT molecular complexity index is 764. The number of hydrogen-bond acceptors (Lipinski definition) is 3. The average Bonchev–Trinajstić information content (AvgIpc) is 2.83. The van der Waals surface area contributed by atoms with Crippen molar-refractivity contribution in [2.24, 2.45) is 0 Å². The maximum Gasteiger partial charge on any atom is 0.256 e. The lowest BCUT2D eigenvalue weighted by Gasteiger charge is -2.18. The van der Waals surface area contributed by atoms with E-state index in [2.05, 4.69) is 5.32 Å². The normalized spacial score (nSPS) is 17.5. The second-order valence-electron chi connectivity index (χ2n) is 4.96. The summed E-state index contributed by atoms with van der Waals surface area (Å²) in [6.45, 7) is 1.12. The molecule has 104 valence electrons. The van der Waals surface area contributed by atoms with Crippen molar-refractivity contribution in [1.29, 1.82) is 0 Å². The molecule has 0 saturated heterocycles. The summed E-state index contributed by atoms with van der Waals surface area (Å²) in [6, 6.07) is 13.4. The first kappa shape index (κ1) is 12.0. The summed E-state index contributed by atoms with van der Waals surface area (Å²) in [6.07, 6.45) is 1.87. The van der Waals surface area contributed by atoms with Crippen LogP contribution in [0, 0.1) is 0 Å². The minimum absolute atomic E-state index is 0.0777. The van der Waals surface area contributed by atoms with E-state index in [1.54, 1.807) is 0 Å². The molecule has 4 nitrogen and oxygen atoms in total. The second-order valence-corrected chi connectivity index (χ2v) is 4.96. The molecule has 2 aliphatic heterocycles. The fraction of sp³-hybridized carbons (Fsp3) is 0.118. The summed E-state index contributed by atoms with van der Waals surface area (Å²) in [4.78, 5) is 12.1. The molecule has 0 aromatic heterocycles. The molecule has 0 saturated carbocycles. The number of anilines is 1. The molecule has 0 spiro atoms. The van der Waals surface area contributed by atoms with E-state index >= 15 is 0 Å². The van der Waals surface area contributed by atoms with Crippen LogP contribution in [0.3, 0.4) is 0 Å². The molecule has 0 radical (unpaired) electrons. The molecule has 21 heavy (non-hydrogen) atoms. The number of carbonyl (C=O) groups is 1. The standard InChI is InChI=1S/C17H13NO3/c19-17-13(12-3-1-2-4-14(12)18-17)9-11-5-6-15-16(10-11)21-8-7-20-15/h1-6,9-10H,7-8H2,(H,18,19)/b13-9+. The van der Waals surface area contributed by atoms with Gasteiger partial charge in [-0.3, -0.25) is 4.79 Å². The van der Waals surface area contributed by atoms with Gasteiger partial charge in [-0.1, -0.05) is 24.3 Å². The third kappa shape index (κ3) is 2.05. The van der Waals surface area contributed by atoms with Gasteiger partial charge in [-0.05, 0) is 29.8 Å². The minimum atomic E-state index is -0.0777. The van der Waals surface area contributed by atoms with Crippen molar-refractivity contribution in [1.82, 2.24) is 0 Å². The smallest absolute Gasteiger partial charge is 0.256 e. The minimum Gasteiger partial charge on any atom is -0.486 e. The molecule has 2 aromatic carbocycles. The lowest BCUT2D eigenvalue weighted by molar-refractivity contribution is -0.110. The molecule has 2 aromatic rings. The van der Waals surface area contributed by atoms with Gasteiger partial charge in [-0.15, -0.1) is 0 Å². The number of rotatable bonds is 1. The highest BCUT2D eigenvalue weighted by Gasteiger charge is 2.23. The van der Waals surface area contributed by atoms with Crippen LogP contribution in [0.5, 0.6) is 11.5 Å². The zero-order valence-electron chi connectivity index (χ0n) is 11.3. The number of fused-ring (bicyclic) bond motifs is 2. The summed E-state index contributed by atoms with van der Waals surface area (Å²) in [5, 5.41) is 2.87. The summed E-state index contributed by atoms with van der Waals surface area (Å²) < 4.78 is 11.1. The van der Waals surface area contributed by atoms with Gasteiger partial charge in [0.2, 0.25) is 0 Å². The van der Waals surface area contributed by atoms with E-state index in [1.807, 2.05) is 48.5 Å². The molecule has 0 atom stereocenters. The molecule has 4 heteroatoms. The van der Waals surface area contributed by atoms with Crippen molar-refractivity contribution in [3.63, 3.8) is 0 Å². The van der Waals surface area contributed by atoms with Crippen molar-refractivity contribution < 1.29 is 14.3 Å². The van der Waals surface area contributed by atoms with E-state index in [-0.39, 0.29) is 5.91 Å². The molecule has 1 amide bonds.